The Morgan fingerprint density at radius 2 is 2.00 bits per heavy atom. The molecule has 0 bridgehead atoms. The lowest BCUT2D eigenvalue weighted by molar-refractivity contribution is 0.102. The van der Waals surface area contributed by atoms with E-state index in [4.69, 9.17) is 4.74 Å². The normalized spacial score (nSPS) is 10.5. The molecule has 1 N–H and O–H groups in total. The van der Waals surface area contributed by atoms with Gasteiger partial charge in [0.05, 0.1) is 12.8 Å². The number of nitrogens with zero attached hydrogens (tertiary/aromatic N) is 2. The number of ether oxygens (including phenoxy) is 1. The van der Waals surface area contributed by atoms with Crippen LogP contribution in [-0.2, 0) is 0 Å². The number of nitrogens with one attached hydrogen (secondary N) is 1. The molecule has 0 unspecified atom stereocenters. The molecule has 2 aromatic heterocycles. The van der Waals surface area contributed by atoms with Gasteiger partial charge in [0.25, 0.3) is 5.91 Å². The Hall–Kier alpha value is -2.80. The molecule has 0 aliphatic rings. The van der Waals surface area contributed by atoms with Crippen molar-refractivity contribution in [1.82, 2.24) is 9.97 Å². The number of pyridine rings is 1. The second-order valence-electron chi connectivity index (χ2n) is 4.95. The van der Waals surface area contributed by atoms with Crippen molar-refractivity contribution in [3.05, 3.63) is 58.9 Å². The lowest BCUT2D eigenvalue weighted by atomic mass is 10.1. The molecule has 3 aromatic rings. The summed E-state index contributed by atoms with van der Waals surface area (Å²) in [5.41, 5.74) is 1.84. The van der Waals surface area contributed by atoms with E-state index < -0.39 is 0 Å². The Kier molecular flexibility index (Phi) is 4.52. The molecule has 7 heteroatoms. The lowest BCUT2D eigenvalue weighted by Gasteiger charge is -2.05. The predicted octanol–water partition coefficient (Wildman–Crippen LogP) is 3.91. The molecule has 122 valence electrons. The number of methoxy groups -OCH3 is 1. The van der Waals surface area contributed by atoms with Gasteiger partial charge in [-0.2, -0.15) is 0 Å². The highest BCUT2D eigenvalue weighted by molar-refractivity contribution is 7.16. The number of rotatable bonds is 4. The molecule has 0 saturated carbocycles. The second-order valence-corrected chi connectivity index (χ2v) is 6.15. The summed E-state index contributed by atoms with van der Waals surface area (Å²) in [6, 6.07) is 9.37. The molecule has 0 spiro atoms. The third-order valence-electron chi connectivity index (χ3n) is 3.34. The van der Waals surface area contributed by atoms with Crippen LogP contribution in [0.5, 0.6) is 5.88 Å². The van der Waals surface area contributed by atoms with E-state index in [0.29, 0.717) is 16.4 Å². The molecule has 1 aromatic carbocycles. The van der Waals surface area contributed by atoms with Crippen molar-refractivity contribution < 1.29 is 13.9 Å². The standard InChI is InChI=1S/C17H14FN3O2S/c1-10-14(11-5-7-12(18)8-6-11)20-17(24-10)21-15(22)13-4-3-9-19-16(13)23-2/h3-9H,1-2H3,(H,20,21,22). The Bertz CT molecular complexity index is 878. The van der Waals surface area contributed by atoms with Crippen LogP contribution in [0.1, 0.15) is 15.2 Å². The van der Waals surface area contributed by atoms with Crippen LogP contribution in [0.25, 0.3) is 11.3 Å². The van der Waals surface area contributed by atoms with Crippen LogP contribution in [-0.4, -0.2) is 23.0 Å². The first-order chi connectivity index (χ1) is 11.6. The van der Waals surface area contributed by atoms with Crippen molar-refractivity contribution in [3.8, 4) is 17.1 Å². The highest BCUT2D eigenvalue weighted by Gasteiger charge is 2.16. The molecule has 3 rings (SSSR count). The minimum absolute atomic E-state index is 0.252. The number of amides is 1. The number of halogens is 1. The first-order valence-electron chi connectivity index (χ1n) is 7.12. The summed E-state index contributed by atoms with van der Waals surface area (Å²) in [5, 5.41) is 3.21. The predicted molar refractivity (Wildman–Crippen MR) is 91.0 cm³/mol. The van der Waals surface area contributed by atoms with Crippen molar-refractivity contribution >= 4 is 22.4 Å². The molecule has 0 aliphatic carbocycles. The van der Waals surface area contributed by atoms with Gasteiger partial charge in [-0.1, -0.05) is 0 Å². The summed E-state index contributed by atoms with van der Waals surface area (Å²) in [4.78, 5) is 21.7. The minimum Gasteiger partial charge on any atom is -0.480 e. The molecule has 2 heterocycles. The van der Waals surface area contributed by atoms with Crippen molar-refractivity contribution in [2.24, 2.45) is 0 Å². The van der Waals surface area contributed by atoms with E-state index in [9.17, 15) is 9.18 Å². The summed E-state index contributed by atoms with van der Waals surface area (Å²) in [6.07, 6.45) is 1.55. The Morgan fingerprint density at radius 3 is 2.71 bits per heavy atom. The van der Waals surface area contributed by atoms with Gasteiger partial charge in [0.1, 0.15) is 11.4 Å². The summed E-state index contributed by atoms with van der Waals surface area (Å²) in [7, 11) is 1.46. The molecular formula is C17H14FN3O2S. The highest BCUT2D eigenvalue weighted by Crippen LogP contribution is 2.31. The van der Waals surface area contributed by atoms with E-state index in [0.717, 1.165) is 10.4 Å². The van der Waals surface area contributed by atoms with E-state index in [1.807, 2.05) is 6.92 Å². The first-order valence-corrected chi connectivity index (χ1v) is 7.94. The fraction of sp³-hybridized carbons (Fsp3) is 0.118. The van der Waals surface area contributed by atoms with E-state index >= 15 is 0 Å². The molecule has 0 radical (unpaired) electrons. The monoisotopic (exact) mass is 343 g/mol. The van der Waals surface area contributed by atoms with Gasteiger partial charge in [0, 0.05) is 16.6 Å². The highest BCUT2D eigenvalue weighted by atomic mass is 32.1. The topological polar surface area (TPSA) is 64.1 Å². The number of carbonyl (C=O) groups excluding carboxylic acids is 1. The summed E-state index contributed by atoms with van der Waals surface area (Å²) in [6.45, 7) is 1.90. The number of hydrogen-bond donors (Lipinski definition) is 1. The zero-order valence-electron chi connectivity index (χ0n) is 13.0. The van der Waals surface area contributed by atoms with Gasteiger partial charge < -0.3 is 4.74 Å². The van der Waals surface area contributed by atoms with Crippen molar-refractivity contribution in [1.29, 1.82) is 0 Å². The van der Waals surface area contributed by atoms with Crippen molar-refractivity contribution in [3.63, 3.8) is 0 Å². The molecular weight excluding hydrogens is 329 g/mol. The smallest absolute Gasteiger partial charge is 0.262 e. The third kappa shape index (κ3) is 3.26. The SMILES string of the molecule is COc1ncccc1C(=O)Nc1nc(-c2ccc(F)cc2)c(C)s1. The van der Waals surface area contributed by atoms with Crippen LogP contribution in [0, 0.1) is 12.7 Å². The fourth-order valence-electron chi connectivity index (χ4n) is 2.22. The number of hydrogen-bond acceptors (Lipinski definition) is 5. The lowest BCUT2D eigenvalue weighted by Crippen LogP contribution is -2.13. The molecule has 0 saturated heterocycles. The number of anilines is 1. The average molecular weight is 343 g/mol. The van der Waals surface area contributed by atoms with Gasteiger partial charge >= 0.3 is 0 Å². The van der Waals surface area contributed by atoms with E-state index in [2.05, 4.69) is 15.3 Å². The molecule has 0 aliphatic heterocycles. The average Bonchev–Trinajstić information content (AvgIpc) is 2.95. The molecule has 1 amide bonds. The number of carbonyl (C=O) groups is 1. The maximum Gasteiger partial charge on any atom is 0.262 e. The summed E-state index contributed by atoms with van der Waals surface area (Å²) >= 11 is 1.35. The van der Waals surface area contributed by atoms with Gasteiger partial charge in [-0.25, -0.2) is 14.4 Å². The minimum atomic E-state index is -0.348. The number of thiazole rings is 1. The number of aryl methyl sites for hydroxylation is 1. The van der Waals surface area contributed by atoms with Gasteiger partial charge in [0.2, 0.25) is 5.88 Å². The molecule has 5 nitrogen and oxygen atoms in total. The number of aromatic nitrogens is 2. The molecule has 0 atom stereocenters. The quantitative estimate of drug-likeness (QED) is 0.780. The van der Waals surface area contributed by atoms with Crippen molar-refractivity contribution in [2.45, 2.75) is 6.92 Å². The van der Waals surface area contributed by atoms with Crippen molar-refractivity contribution in [2.75, 3.05) is 12.4 Å². The summed E-state index contributed by atoms with van der Waals surface area (Å²) in [5.74, 6) is -0.398. The van der Waals surface area contributed by atoms with E-state index in [-0.39, 0.29) is 17.6 Å². The van der Waals surface area contributed by atoms with Gasteiger partial charge in [0.15, 0.2) is 5.13 Å². The van der Waals surface area contributed by atoms with Crippen LogP contribution in [0.15, 0.2) is 42.6 Å². The van der Waals surface area contributed by atoms with Gasteiger partial charge in [-0.15, -0.1) is 11.3 Å². The van der Waals surface area contributed by atoms with Crippen LogP contribution in [0.4, 0.5) is 9.52 Å². The Morgan fingerprint density at radius 1 is 1.25 bits per heavy atom. The maximum absolute atomic E-state index is 13.0. The zero-order valence-corrected chi connectivity index (χ0v) is 13.9. The second kappa shape index (κ2) is 6.76. The van der Waals surface area contributed by atoms with Gasteiger partial charge in [-0.05, 0) is 43.3 Å². The van der Waals surface area contributed by atoms with Crippen LogP contribution in [0.3, 0.4) is 0 Å². The van der Waals surface area contributed by atoms with Crippen LogP contribution >= 0.6 is 11.3 Å². The van der Waals surface area contributed by atoms with E-state index in [1.165, 1.54) is 30.6 Å². The summed E-state index contributed by atoms with van der Waals surface area (Å²) < 4.78 is 18.1. The van der Waals surface area contributed by atoms with Crippen LogP contribution in [0.2, 0.25) is 0 Å². The largest absolute Gasteiger partial charge is 0.480 e. The Balaban J connectivity index is 1.85. The van der Waals surface area contributed by atoms with Gasteiger partial charge in [-0.3, -0.25) is 10.1 Å². The fourth-order valence-corrected chi connectivity index (χ4v) is 3.05. The van der Waals surface area contributed by atoms with E-state index in [1.54, 1.807) is 30.5 Å². The Labute approximate surface area is 142 Å². The molecule has 24 heavy (non-hydrogen) atoms. The maximum atomic E-state index is 13.0. The third-order valence-corrected chi connectivity index (χ3v) is 4.23. The first kappa shape index (κ1) is 16.1. The van der Waals surface area contributed by atoms with Crippen LogP contribution < -0.4 is 10.1 Å². The zero-order chi connectivity index (χ0) is 17.1. The number of benzene rings is 1. The molecule has 0 fully saturated rings.